The van der Waals surface area contributed by atoms with Crippen LogP contribution < -0.4 is 0 Å². The van der Waals surface area contributed by atoms with Crippen molar-refractivity contribution < 1.29 is 18.9 Å². The van der Waals surface area contributed by atoms with Gasteiger partial charge in [-0.2, -0.15) is 0 Å². The largest absolute Gasteiger partial charge is 0.357 e. The fourth-order valence-corrected chi connectivity index (χ4v) is 4.28. The lowest BCUT2D eigenvalue weighted by Gasteiger charge is -2.17. The van der Waals surface area contributed by atoms with Crippen LogP contribution in [0.1, 0.15) is 66.2 Å². The van der Waals surface area contributed by atoms with Crippen LogP contribution in [0.25, 0.3) is 0 Å². The fraction of sp³-hybridized carbons (Fsp3) is 1.00. The summed E-state index contributed by atoms with van der Waals surface area (Å²) in [4.78, 5) is 0. The molecule has 0 bridgehead atoms. The molecule has 0 heterocycles. The quantitative estimate of drug-likeness (QED) is 0.231. The second-order valence-electron chi connectivity index (χ2n) is 5.38. The highest BCUT2D eigenvalue weighted by molar-refractivity contribution is 6.36. The van der Waals surface area contributed by atoms with Crippen LogP contribution in [0.4, 0.5) is 0 Å². The minimum Gasteiger partial charge on any atom is -0.357 e. The first-order valence-electron chi connectivity index (χ1n) is 9.24. The summed E-state index contributed by atoms with van der Waals surface area (Å²) in [5.41, 5.74) is 0. The Balaban J connectivity index is 3.44. The zero-order valence-corrected chi connectivity index (χ0v) is 16.7. The van der Waals surface area contributed by atoms with Crippen LogP contribution in [0.3, 0.4) is 0 Å². The summed E-state index contributed by atoms with van der Waals surface area (Å²) < 4.78 is 22.3. The lowest BCUT2D eigenvalue weighted by molar-refractivity contribution is -0.140. The monoisotopic (exact) mass is 334 g/mol. The molecule has 0 aliphatic heterocycles. The van der Waals surface area contributed by atoms with Crippen molar-refractivity contribution in [1.29, 1.82) is 0 Å². The van der Waals surface area contributed by atoms with Crippen LogP contribution in [0.15, 0.2) is 0 Å². The van der Waals surface area contributed by atoms with Gasteiger partial charge in [0.1, 0.15) is 5.91 Å². The second kappa shape index (κ2) is 17.4. The molecule has 0 aromatic rings. The minimum absolute atomic E-state index is 0.000510. The zero-order chi connectivity index (χ0) is 16.5. The number of ether oxygens (including phenoxy) is 4. The molecule has 0 N–H and O–H groups in total. The van der Waals surface area contributed by atoms with Gasteiger partial charge in [0.05, 0.1) is 9.52 Å². The van der Waals surface area contributed by atoms with Crippen LogP contribution in [-0.4, -0.2) is 48.2 Å². The Kier molecular flexibility index (Phi) is 17.5. The van der Waals surface area contributed by atoms with Crippen molar-refractivity contribution in [2.45, 2.75) is 84.5 Å². The van der Waals surface area contributed by atoms with Gasteiger partial charge in [-0.25, -0.2) is 0 Å². The molecule has 0 aromatic heterocycles. The van der Waals surface area contributed by atoms with Crippen molar-refractivity contribution in [1.82, 2.24) is 0 Å². The molecule has 0 aliphatic carbocycles. The molecule has 22 heavy (non-hydrogen) atoms. The molecule has 0 aliphatic rings. The van der Waals surface area contributed by atoms with E-state index in [0.29, 0.717) is 0 Å². The predicted octanol–water partition coefficient (Wildman–Crippen LogP) is 3.67. The highest BCUT2D eigenvalue weighted by Gasteiger charge is 2.08. The van der Waals surface area contributed by atoms with E-state index in [1.54, 1.807) is 0 Å². The minimum atomic E-state index is -0.247. The van der Waals surface area contributed by atoms with Crippen LogP contribution in [0.2, 0.25) is 6.04 Å². The lowest BCUT2D eigenvalue weighted by Crippen LogP contribution is -2.24. The summed E-state index contributed by atoms with van der Waals surface area (Å²) >= 11 is 0. The van der Waals surface area contributed by atoms with E-state index >= 15 is 0 Å². The van der Waals surface area contributed by atoms with E-state index in [1.807, 2.05) is 27.7 Å². The third-order valence-corrected chi connectivity index (χ3v) is 5.39. The van der Waals surface area contributed by atoms with Gasteiger partial charge in [-0.15, -0.1) is 0 Å². The van der Waals surface area contributed by atoms with Crippen LogP contribution in [0, 0.1) is 0 Å². The molecule has 0 atom stereocenters. The molecule has 0 rings (SSSR count). The Morgan fingerprint density at radius 1 is 0.636 bits per heavy atom. The molecule has 5 heteroatoms. The maximum atomic E-state index is 5.61. The van der Waals surface area contributed by atoms with E-state index < -0.39 is 0 Å². The van der Waals surface area contributed by atoms with Crippen LogP contribution in [-0.2, 0) is 18.9 Å². The van der Waals surface area contributed by atoms with Gasteiger partial charge in [0.25, 0.3) is 0 Å². The maximum absolute atomic E-state index is 5.61. The first kappa shape index (κ1) is 22.1. The van der Waals surface area contributed by atoms with Gasteiger partial charge in [0.15, 0.2) is 6.29 Å². The summed E-state index contributed by atoms with van der Waals surface area (Å²) in [5, 5.41) is 0. The Bertz CT molecular complexity index is 183. The second-order valence-corrected chi connectivity index (χ2v) is 7.33. The molecule has 4 nitrogen and oxygen atoms in total. The maximum Gasteiger partial charge on any atom is 0.157 e. The SMILES string of the molecule is CCOC(CCCCCCC[SiH2]C(OCC)OCC)OCC. The first-order valence-corrected chi connectivity index (χ1v) is 11.1. The highest BCUT2D eigenvalue weighted by atomic mass is 28.2. The molecule has 0 saturated carbocycles. The molecule has 134 valence electrons. The number of unbranched alkanes of at least 4 members (excludes halogenated alkanes) is 4. The van der Waals surface area contributed by atoms with E-state index in [4.69, 9.17) is 18.9 Å². The van der Waals surface area contributed by atoms with Crippen molar-refractivity contribution in [2.24, 2.45) is 0 Å². The topological polar surface area (TPSA) is 36.9 Å². The average Bonchev–Trinajstić information content (AvgIpc) is 2.50. The third-order valence-electron chi connectivity index (χ3n) is 3.54. The van der Waals surface area contributed by atoms with Crippen LogP contribution in [0.5, 0.6) is 0 Å². The van der Waals surface area contributed by atoms with Gasteiger partial charge < -0.3 is 18.9 Å². The Morgan fingerprint density at radius 2 is 1.14 bits per heavy atom. The normalized spacial score (nSPS) is 12.3. The van der Waals surface area contributed by atoms with Crippen molar-refractivity contribution in [3.05, 3.63) is 0 Å². The summed E-state index contributed by atoms with van der Waals surface area (Å²) in [5.74, 6) is 0.133. The Morgan fingerprint density at radius 3 is 1.68 bits per heavy atom. The fourth-order valence-electron chi connectivity index (χ4n) is 2.50. The average molecular weight is 335 g/mol. The molecule has 0 fully saturated rings. The van der Waals surface area contributed by atoms with Gasteiger partial charge in [0, 0.05) is 26.4 Å². The summed E-state index contributed by atoms with van der Waals surface area (Å²) in [7, 11) is -0.247. The van der Waals surface area contributed by atoms with Crippen molar-refractivity contribution in [2.75, 3.05) is 26.4 Å². The molecule has 0 unspecified atom stereocenters. The summed E-state index contributed by atoms with van der Waals surface area (Å²) in [6.45, 7) is 11.1. The Hall–Kier alpha value is 0.0569. The molecule has 0 saturated heterocycles. The number of hydrogen-bond donors (Lipinski definition) is 0. The lowest BCUT2D eigenvalue weighted by atomic mass is 10.1. The van der Waals surface area contributed by atoms with Gasteiger partial charge in [-0.1, -0.05) is 31.7 Å². The van der Waals surface area contributed by atoms with Gasteiger partial charge in [-0.3, -0.25) is 0 Å². The number of hydrogen-bond acceptors (Lipinski definition) is 4. The van der Waals surface area contributed by atoms with Gasteiger partial charge >= 0.3 is 0 Å². The summed E-state index contributed by atoms with van der Waals surface area (Å²) in [6, 6.07) is 1.32. The van der Waals surface area contributed by atoms with E-state index in [9.17, 15) is 0 Å². The van der Waals surface area contributed by atoms with Crippen molar-refractivity contribution >= 4 is 9.52 Å². The van der Waals surface area contributed by atoms with Crippen LogP contribution >= 0.6 is 0 Å². The van der Waals surface area contributed by atoms with E-state index in [-0.39, 0.29) is 21.7 Å². The van der Waals surface area contributed by atoms with Crippen molar-refractivity contribution in [3.63, 3.8) is 0 Å². The van der Waals surface area contributed by atoms with E-state index in [2.05, 4.69) is 0 Å². The smallest absolute Gasteiger partial charge is 0.157 e. The van der Waals surface area contributed by atoms with E-state index in [1.165, 1.54) is 38.1 Å². The van der Waals surface area contributed by atoms with E-state index in [0.717, 1.165) is 32.8 Å². The molecule has 0 radical (unpaired) electrons. The Labute approximate surface area is 140 Å². The highest BCUT2D eigenvalue weighted by Crippen LogP contribution is 2.12. The third kappa shape index (κ3) is 13.7. The summed E-state index contributed by atoms with van der Waals surface area (Å²) in [6.07, 6.45) is 7.46. The standard InChI is InChI=1S/C17H38O4Si/c1-5-18-16(19-6-2)14-12-10-9-11-13-15-22-17(20-7-3)21-8-4/h16-17H,5-15,22H2,1-4H3. The molecule has 0 amide bonds. The van der Waals surface area contributed by atoms with Gasteiger partial charge in [-0.05, 0) is 40.5 Å². The number of rotatable bonds is 17. The molecule has 0 spiro atoms. The molecular formula is C17H38O4Si. The molecule has 0 aromatic carbocycles. The first-order chi connectivity index (χ1) is 10.8. The molecular weight excluding hydrogens is 296 g/mol. The van der Waals surface area contributed by atoms with Gasteiger partial charge in [0.2, 0.25) is 0 Å². The predicted molar refractivity (Wildman–Crippen MR) is 95.1 cm³/mol. The van der Waals surface area contributed by atoms with Crippen molar-refractivity contribution in [3.8, 4) is 0 Å². The zero-order valence-electron chi connectivity index (χ0n) is 15.3.